The van der Waals surface area contributed by atoms with Crippen molar-refractivity contribution >= 4 is 79.4 Å². The lowest BCUT2D eigenvalue weighted by atomic mass is 9.44. The minimum Gasteiger partial charge on any atom is -0.454 e. The zero-order valence-corrected chi connectivity index (χ0v) is 38.6. The molecule has 3 nitrogen and oxygen atoms in total. The van der Waals surface area contributed by atoms with Crippen molar-refractivity contribution in [2.75, 3.05) is 4.90 Å². The van der Waals surface area contributed by atoms with Crippen LogP contribution in [-0.4, -0.2) is 11.3 Å². The average molecular weight is 855 g/mol. The van der Waals surface area contributed by atoms with Crippen molar-refractivity contribution in [1.82, 2.24) is 4.48 Å². The summed E-state index contributed by atoms with van der Waals surface area (Å²) in [7, 11) is 0. The summed E-state index contributed by atoms with van der Waals surface area (Å²) in [6, 6.07) is 59.7. The molecule has 3 aliphatic heterocycles. The van der Waals surface area contributed by atoms with Gasteiger partial charge in [0.05, 0.1) is 11.4 Å². The van der Waals surface area contributed by atoms with Gasteiger partial charge in [-0.05, 0) is 91.7 Å². The van der Waals surface area contributed by atoms with E-state index < -0.39 is 0 Å². The van der Waals surface area contributed by atoms with E-state index in [-0.39, 0.29) is 23.1 Å². The summed E-state index contributed by atoms with van der Waals surface area (Å²) in [5.41, 5.74) is 23.3. The summed E-state index contributed by atoms with van der Waals surface area (Å²) < 4.78 is 10.1. The summed E-state index contributed by atoms with van der Waals surface area (Å²) in [5, 5.41) is 3.61. The molecule has 5 heterocycles. The van der Waals surface area contributed by atoms with E-state index in [2.05, 4.69) is 216 Å². The summed E-state index contributed by atoms with van der Waals surface area (Å²) in [4.78, 5) is 5.25. The van der Waals surface area contributed by atoms with Gasteiger partial charge in [0, 0.05) is 70.4 Å². The average Bonchev–Trinajstić information content (AvgIpc) is 3.94. The smallest absolute Gasteiger partial charge is 0.333 e. The van der Waals surface area contributed by atoms with Crippen LogP contribution in [-0.2, 0) is 16.2 Å². The molecule has 2 aromatic heterocycles. The third-order valence-electron chi connectivity index (χ3n) is 15.5. The molecule has 1 aliphatic carbocycles. The number of furan rings is 1. The van der Waals surface area contributed by atoms with E-state index in [9.17, 15) is 0 Å². The number of para-hydroxylation sites is 2. The highest BCUT2D eigenvalue weighted by Gasteiger charge is 2.51. The van der Waals surface area contributed by atoms with Crippen LogP contribution in [0.2, 0.25) is 0 Å². The second kappa shape index (κ2) is 12.6. The van der Waals surface area contributed by atoms with Crippen molar-refractivity contribution in [3.05, 3.63) is 186 Å². The highest BCUT2D eigenvalue weighted by Crippen LogP contribution is 2.58. The minimum absolute atomic E-state index is 0.0478. The molecule has 65 heavy (non-hydrogen) atoms. The predicted molar refractivity (Wildman–Crippen MR) is 274 cm³/mol. The molecule has 4 aliphatic rings. The van der Waals surface area contributed by atoms with E-state index in [0.29, 0.717) is 0 Å². The number of nitrogens with zero attached hydrogens (tertiary/aromatic N) is 2. The second-order valence-electron chi connectivity index (χ2n) is 20.8. The van der Waals surface area contributed by atoms with Gasteiger partial charge in [-0.3, -0.25) is 0 Å². The SMILES string of the molecule is CC(C)(C)c1ccc(N2c3cc4c(cc3B3c5c(cc6c(oc7ccccc76)c52)-c2cccc5c6c(n3c25)C(C)(C)c2ccccc2-6)C(C)(C)c2ccccc2S4)c(-c2ccccc2)c1. The number of aromatic nitrogens is 1. The molecule has 8 aromatic carbocycles. The fourth-order valence-electron chi connectivity index (χ4n) is 12.4. The van der Waals surface area contributed by atoms with E-state index in [0.717, 1.165) is 33.3 Å². The maximum absolute atomic E-state index is 7.28. The van der Waals surface area contributed by atoms with Gasteiger partial charge in [-0.15, -0.1) is 0 Å². The van der Waals surface area contributed by atoms with Crippen LogP contribution in [0.1, 0.15) is 76.4 Å². The molecule has 0 radical (unpaired) electrons. The summed E-state index contributed by atoms with van der Waals surface area (Å²) >= 11 is 1.92. The van der Waals surface area contributed by atoms with Gasteiger partial charge in [0.1, 0.15) is 5.58 Å². The normalized spacial score (nSPS) is 15.7. The first-order valence-electron chi connectivity index (χ1n) is 23.1. The Morgan fingerprint density at radius 3 is 2.11 bits per heavy atom. The summed E-state index contributed by atoms with van der Waals surface area (Å²) in [5.74, 6) is 0. The molecule has 14 rings (SSSR count). The van der Waals surface area contributed by atoms with E-state index in [4.69, 9.17) is 4.42 Å². The third kappa shape index (κ3) is 4.79. The molecule has 10 aromatic rings. The lowest BCUT2D eigenvalue weighted by Crippen LogP contribution is -2.58. The number of anilines is 3. The van der Waals surface area contributed by atoms with Crippen LogP contribution in [0.25, 0.3) is 66.2 Å². The van der Waals surface area contributed by atoms with Crippen molar-refractivity contribution < 1.29 is 4.42 Å². The number of rotatable bonds is 2. The fraction of sp³-hybridized carbons (Fsp3) is 0.167. The summed E-state index contributed by atoms with van der Waals surface area (Å²) in [6.45, 7) is 16.6. The molecule has 0 spiro atoms. The Kier molecular flexibility index (Phi) is 7.28. The van der Waals surface area contributed by atoms with E-state index in [1.54, 1.807) is 0 Å². The predicted octanol–water partition coefficient (Wildman–Crippen LogP) is 15.0. The number of hydrogen-bond donors (Lipinski definition) is 0. The van der Waals surface area contributed by atoms with Gasteiger partial charge in [0.15, 0.2) is 5.58 Å². The molecule has 0 saturated carbocycles. The van der Waals surface area contributed by atoms with Gasteiger partial charge in [-0.1, -0.05) is 182 Å². The van der Waals surface area contributed by atoms with Crippen molar-refractivity contribution in [1.29, 1.82) is 0 Å². The largest absolute Gasteiger partial charge is 0.454 e. The molecule has 0 bridgehead atoms. The topological polar surface area (TPSA) is 21.3 Å². The van der Waals surface area contributed by atoms with Crippen molar-refractivity contribution in [2.45, 2.75) is 74.5 Å². The quantitative estimate of drug-likeness (QED) is 0.162. The molecule has 312 valence electrons. The monoisotopic (exact) mass is 854 g/mol. The Bertz CT molecular complexity index is 3750. The maximum Gasteiger partial charge on any atom is 0.333 e. The lowest BCUT2D eigenvalue weighted by molar-refractivity contribution is 0.590. The first kappa shape index (κ1) is 37.7. The zero-order chi connectivity index (χ0) is 43.9. The van der Waals surface area contributed by atoms with E-state index in [1.807, 2.05) is 11.8 Å². The zero-order valence-electron chi connectivity index (χ0n) is 37.8. The van der Waals surface area contributed by atoms with Gasteiger partial charge in [-0.2, -0.15) is 0 Å². The number of benzene rings is 8. The van der Waals surface area contributed by atoms with Crippen LogP contribution in [0, 0.1) is 0 Å². The molecule has 0 fully saturated rings. The number of hydrogen-bond acceptors (Lipinski definition) is 3. The highest BCUT2D eigenvalue weighted by atomic mass is 32.2. The summed E-state index contributed by atoms with van der Waals surface area (Å²) in [6.07, 6.45) is 0. The van der Waals surface area contributed by atoms with Gasteiger partial charge < -0.3 is 13.8 Å². The van der Waals surface area contributed by atoms with Crippen LogP contribution in [0.5, 0.6) is 0 Å². The van der Waals surface area contributed by atoms with Gasteiger partial charge >= 0.3 is 6.85 Å². The van der Waals surface area contributed by atoms with Gasteiger partial charge in [0.25, 0.3) is 0 Å². The minimum atomic E-state index is -0.244. The first-order chi connectivity index (χ1) is 31.4. The maximum atomic E-state index is 7.28. The Morgan fingerprint density at radius 2 is 1.28 bits per heavy atom. The van der Waals surface area contributed by atoms with Crippen molar-refractivity contribution in [2.24, 2.45) is 0 Å². The molecule has 0 amide bonds. The van der Waals surface area contributed by atoms with Gasteiger partial charge in [0.2, 0.25) is 0 Å². The third-order valence-corrected chi connectivity index (χ3v) is 16.7. The standard InChI is InChI=1S/C60H47BN2OS/c1-58(2,3)35-28-29-47(40(30-35)34-18-9-8-10-19-34)62-48-33-51-45(59(4,5)44-25-14-16-27-50(44)65-51)32-46(48)61-53-41(31-42-36-20-12-15-26-49(36)64-56(42)55(53)62)37-22-17-23-39-52-38-21-11-13-24-43(38)60(6,7)57(52)63(61)54(37)39/h8-33H,1-7H3. The molecule has 0 saturated heterocycles. The molecule has 0 unspecified atom stereocenters. The van der Waals surface area contributed by atoms with Crippen LogP contribution in [0.3, 0.4) is 0 Å². The Labute approximate surface area is 384 Å². The molecular formula is C60H47BN2OS. The Hall–Kier alpha value is -6.69. The Morgan fingerprint density at radius 1 is 0.554 bits per heavy atom. The molecule has 0 atom stereocenters. The van der Waals surface area contributed by atoms with Crippen LogP contribution >= 0.6 is 11.8 Å². The first-order valence-corrected chi connectivity index (χ1v) is 23.9. The van der Waals surface area contributed by atoms with Crippen molar-refractivity contribution in [3.8, 4) is 33.4 Å². The van der Waals surface area contributed by atoms with Gasteiger partial charge in [-0.25, -0.2) is 0 Å². The Balaban J connectivity index is 1.19. The number of fused-ring (bicyclic) bond motifs is 15. The highest BCUT2D eigenvalue weighted by molar-refractivity contribution is 7.99. The second-order valence-corrected chi connectivity index (χ2v) is 21.9. The molecule has 5 heteroatoms. The molecular weight excluding hydrogens is 808 g/mol. The fourth-order valence-corrected chi connectivity index (χ4v) is 13.8. The van der Waals surface area contributed by atoms with Crippen molar-refractivity contribution in [3.63, 3.8) is 0 Å². The van der Waals surface area contributed by atoms with Crippen LogP contribution in [0.15, 0.2) is 172 Å². The van der Waals surface area contributed by atoms with E-state index in [1.165, 1.54) is 98.6 Å². The molecule has 0 N–H and O–H groups in total. The van der Waals surface area contributed by atoms with E-state index >= 15 is 0 Å². The van der Waals surface area contributed by atoms with Crippen LogP contribution in [0.4, 0.5) is 17.1 Å². The lowest BCUT2D eigenvalue weighted by Gasteiger charge is -2.44. The van der Waals surface area contributed by atoms with Crippen LogP contribution < -0.4 is 15.8 Å².